The van der Waals surface area contributed by atoms with E-state index in [2.05, 4.69) is 16.7 Å². The fourth-order valence-corrected chi connectivity index (χ4v) is 2.37. The predicted molar refractivity (Wildman–Crippen MR) is 67.4 cm³/mol. The highest BCUT2D eigenvalue weighted by atomic mass is 16.5. The Bertz CT molecular complexity index is 567. The summed E-state index contributed by atoms with van der Waals surface area (Å²) in [6.07, 6.45) is 4.59. The van der Waals surface area contributed by atoms with E-state index in [1.807, 2.05) is 19.3 Å². The van der Waals surface area contributed by atoms with Gasteiger partial charge in [-0.25, -0.2) is 0 Å². The van der Waals surface area contributed by atoms with Crippen molar-refractivity contribution in [3.8, 4) is 5.75 Å². The average molecular weight is 231 g/mol. The standard InChI is InChI=1S/C14H17NO2/c1-15-6-3-11-12(15)7-10(8-13(11)17-2)9-14(16)4-5-14/h3,6-8,16H,4-5,9H2,1-2H3. The summed E-state index contributed by atoms with van der Waals surface area (Å²) in [6, 6.07) is 6.25. The molecule has 1 N–H and O–H groups in total. The van der Waals surface area contributed by atoms with Gasteiger partial charge in [0.2, 0.25) is 0 Å². The Morgan fingerprint density at radius 1 is 1.41 bits per heavy atom. The van der Waals surface area contributed by atoms with E-state index >= 15 is 0 Å². The molecule has 2 aromatic rings. The molecule has 0 bridgehead atoms. The molecule has 1 fully saturated rings. The quantitative estimate of drug-likeness (QED) is 0.879. The number of aliphatic hydroxyl groups is 1. The van der Waals surface area contributed by atoms with Gasteiger partial charge in [-0.15, -0.1) is 0 Å². The van der Waals surface area contributed by atoms with Crippen molar-refractivity contribution in [1.82, 2.24) is 4.57 Å². The second-order valence-corrected chi connectivity index (χ2v) is 5.06. The first-order chi connectivity index (χ1) is 8.11. The lowest BCUT2D eigenvalue weighted by Gasteiger charge is -2.11. The van der Waals surface area contributed by atoms with E-state index in [9.17, 15) is 5.11 Å². The molecule has 1 aliphatic carbocycles. The van der Waals surface area contributed by atoms with Crippen LogP contribution < -0.4 is 4.74 Å². The summed E-state index contributed by atoms with van der Waals surface area (Å²) < 4.78 is 7.50. The van der Waals surface area contributed by atoms with Gasteiger partial charge in [0.1, 0.15) is 5.75 Å². The van der Waals surface area contributed by atoms with Gasteiger partial charge >= 0.3 is 0 Å². The lowest BCUT2D eigenvalue weighted by Crippen LogP contribution is -2.10. The molecule has 0 amide bonds. The normalized spacial score (nSPS) is 17.4. The molecule has 1 aromatic heterocycles. The van der Waals surface area contributed by atoms with Crippen LogP contribution in [0.4, 0.5) is 0 Å². The molecule has 1 heterocycles. The lowest BCUT2D eigenvalue weighted by molar-refractivity contribution is 0.151. The first-order valence-corrected chi connectivity index (χ1v) is 5.96. The highest BCUT2D eigenvalue weighted by molar-refractivity contribution is 5.87. The molecule has 90 valence electrons. The minimum absolute atomic E-state index is 0.455. The molecule has 3 nitrogen and oxygen atoms in total. The maximum absolute atomic E-state index is 9.99. The summed E-state index contributed by atoms with van der Waals surface area (Å²) in [5.41, 5.74) is 1.85. The highest BCUT2D eigenvalue weighted by Crippen LogP contribution is 2.39. The molecule has 0 radical (unpaired) electrons. The molecular formula is C14H17NO2. The number of aryl methyl sites for hydroxylation is 1. The number of fused-ring (bicyclic) bond motifs is 1. The summed E-state index contributed by atoms with van der Waals surface area (Å²) in [7, 11) is 3.72. The number of benzene rings is 1. The Morgan fingerprint density at radius 3 is 2.82 bits per heavy atom. The van der Waals surface area contributed by atoms with Gasteiger partial charge in [0.05, 0.1) is 18.2 Å². The van der Waals surface area contributed by atoms with Gasteiger partial charge in [0, 0.05) is 25.1 Å². The molecule has 0 unspecified atom stereocenters. The summed E-state index contributed by atoms with van der Waals surface area (Å²) in [5.74, 6) is 0.891. The SMILES string of the molecule is COc1cc(CC2(O)CC2)cc2c1ccn2C. The van der Waals surface area contributed by atoms with Crippen LogP contribution in [0.5, 0.6) is 5.75 Å². The zero-order chi connectivity index (χ0) is 12.0. The molecular weight excluding hydrogens is 214 g/mol. The van der Waals surface area contributed by atoms with E-state index in [4.69, 9.17) is 4.74 Å². The van der Waals surface area contributed by atoms with Crippen LogP contribution in [-0.4, -0.2) is 22.4 Å². The topological polar surface area (TPSA) is 34.4 Å². The van der Waals surface area contributed by atoms with Gasteiger partial charge in [-0.3, -0.25) is 0 Å². The first kappa shape index (κ1) is 10.7. The fraction of sp³-hybridized carbons (Fsp3) is 0.429. The third kappa shape index (κ3) is 1.80. The second-order valence-electron chi connectivity index (χ2n) is 5.06. The number of aromatic nitrogens is 1. The maximum Gasteiger partial charge on any atom is 0.128 e. The lowest BCUT2D eigenvalue weighted by atomic mass is 10.0. The molecule has 0 atom stereocenters. The molecule has 1 aliphatic rings. The van der Waals surface area contributed by atoms with Crippen LogP contribution in [0.25, 0.3) is 10.9 Å². The van der Waals surface area contributed by atoms with Crippen molar-refractivity contribution in [2.75, 3.05) is 7.11 Å². The maximum atomic E-state index is 9.99. The van der Waals surface area contributed by atoms with E-state index in [1.54, 1.807) is 7.11 Å². The minimum Gasteiger partial charge on any atom is -0.496 e. The Balaban J connectivity index is 2.09. The second kappa shape index (κ2) is 3.50. The molecule has 1 saturated carbocycles. The molecule has 3 heteroatoms. The fourth-order valence-electron chi connectivity index (χ4n) is 2.37. The predicted octanol–water partition coefficient (Wildman–Crippen LogP) is 2.25. The number of nitrogens with zero attached hydrogens (tertiary/aromatic N) is 1. The Kier molecular flexibility index (Phi) is 2.20. The van der Waals surface area contributed by atoms with Gasteiger partial charge in [-0.05, 0) is 36.6 Å². The van der Waals surface area contributed by atoms with Crippen LogP contribution in [0, 0.1) is 0 Å². The highest BCUT2D eigenvalue weighted by Gasteiger charge is 2.40. The molecule has 0 spiro atoms. The van der Waals surface area contributed by atoms with Crippen LogP contribution in [0.15, 0.2) is 24.4 Å². The Labute approximate surface area is 101 Å². The third-order valence-corrected chi connectivity index (χ3v) is 3.61. The summed E-state index contributed by atoms with van der Waals surface area (Å²) in [6.45, 7) is 0. The molecule has 0 saturated heterocycles. The van der Waals surface area contributed by atoms with Crippen LogP contribution in [0.3, 0.4) is 0 Å². The third-order valence-electron chi connectivity index (χ3n) is 3.61. The Morgan fingerprint density at radius 2 is 2.18 bits per heavy atom. The van der Waals surface area contributed by atoms with E-state index in [1.165, 1.54) is 0 Å². The minimum atomic E-state index is -0.455. The van der Waals surface area contributed by atoms with E-state index in [0.717, 1.165) is 41.5 Å². The van der Waals surface area contributed by atoms with Crippen LogP contribution >= 0.6 is 0 Å². The van der Waals surface area contributed by atoms with Gasteiger partial charge in [0.15, 0.2) is 0 Å². The smallest absolute Gasteiger partial charge is 0.128 e. The number of hydrogen-bond acceptors (Lipinski definition) is 2. The van der Waals surface area contributed by atoms with Crippen molar-refractivity contribution >= 4 is 10.9 Å². The van der Waals surface area contributed by atoms with Crippen molar-refractivity contribution in [2.24, 2.45) is 7.05 Å². The van der Waals surface area contributed by atoms with Crippen molar-refractivity contribution in [2.45, 2.75) is 24.9 Å². The van der Waals surface area contributed by atoms with Crippen molar-refractivity contribution in [1.29, 1.82) is 0 Å². The van der Waals surface area contributed by atoms with E-state index < -0.39 is 5.60 Å². The number of hydrogen-bond donors (Lipinski definition) is 1. The summed E-state index contributed by atoms with van der Waals surface area (Å²) in [4.78, 5) is 0. The van der Waals surface area contributed by atoms with Gasteiger partial charge < -0.3 is 14.4 Å². The molecule has 0 aliphatic heterocycles. The summed E-state index contributed by atoms with van der Waals surface area (Å²) >= 11 is 0. The zero-order valence-electron chi connectivity index (χ0n) is 10.2. The van der Waals surface area contributed by atoms with E-state index in [-0.39, 0.29) is 0 Å². The number of methoxy groups -OCH3 is 1. The molecule has 3 rings (SSSR count). The average Bonchev–Trinajstić information content (AvgIpc) is 2.91. The van der Waals surface area contributed by atoms with E-state index in [0.29, 0.717) is 0 Å². The van der Waals surface area contributed by atoms with Crippen LogP contribution in [0.2, 0.25) is 0 Å². The van der Waals surface area contributed by atoms with Crippen LogP contribution in [-0.2, 0) is 13.5 Å². The largest absolute Gasteiger partial charge is 0.496 e. The van der Waals surface area contributed by atoms with Crippen LogP contribution in [0.1, 0.15) is 18.4 Å². The summed E-state index contributed by atoms with van der Waals surface area (Å²) in [5, 5.41) is 11.1. The van der Waals surface area contributed by atoms with Crippen molar-refractivity contribution in [3.63, 3.8) is 0 Å². The van der Waals surface area contributed by atoms with Gasteiger partial charge in [-0.1, -0.05) is 0 Å². The van der Waals surface area contributed by atoms with Gasteiger partial charge in [0.25, 0.3) is 0 Å². The van der Waals surface area contributed by atoms with Crippen molar-refractivity contribution in [3.05, 3.63) is 30.0 Å². The van der Waals surface area contributed by atoms with Crippen molar-refractivity contribution < 1.29 is 9.84 Å². The number of rotatable bonds is 3. The Hall–Kier alpha value is -1.48. The zero-order valence-corrected chi connectivity index (χ0v) is 10.2. The molecule has 1 aromatic carbocycles. The first-order valence-electron chi connectivity index (χ1n) is 5.96. The monoisotopic (exact) mass is 231 g/mol. The number of ether oxygens (including phenoxy) is 1. The molecule has 17 heavy (non-hydrogen) atoms. The van der Waals surface area contributed by atoms with Gasteiger partial charge in [-0.2, -0.15) is 0 Å².